The van der Waals surface area contributed by atoms with Gasteiger partial charge in [0.15, 0.2) is 0 Å². The van der Waals surface area contributed by atoms with Gasteiger partial charge in [-0.3, -0.25) is 9.59 Å². The van der Waals surface area contributed by atoms with Crippen molar-refractivity contribution < 1.29 is 14.7 Å². The molecule has 1 fully saturated rings. The lowest BCUT2D eigenvalue weighted by atomic mass is 10.0. The van der Waals surface area contributed by atoms with Crippen molar-refractivity contribution in [3.05, 3.63) is 0 Å². The monoisotopic (exact) mass is 199 g/mol. The molecule has 0 aromatic heterocycles. The van der Waals surface area contributed by atoms with Crippen molar-refractivity contribution in [2.45, 2.75) is 45.1 Å². The molecule has 0 spiro atoms. The van der Waals surface area contributed by atoms with Crippen LogP contribution in [0.2, 0.25) is 0 Å². The van der Waals surface area contributed by atoms with Crippen LogP contribution in [-0.4, -0.2) is 23.0 Å². The van der Waals surface area contributed by atoms with Crippen LogP contribution >= 0.6 is 0 Å². The summed E-state index contributed by atoms with van der Waals surface area (Å²) in [5.41, 5.74) is 0. The van der Waals surface area contributed by atoms with Crippen LogP contribution in [0.5, 0.6) is 0 Å². The summed E-state index contributed by atoms with van der Waals surface area (Å²) in [6, 6.07) is 0.0519. The molecule has 0 radical (unpaired) electrons. The maximum atomic E-state index is 10.8. The predicted octanol–water partition coefficient (Wildman–Crippen LogP) is 1.16. The highest BCUT2D eigenvalue weighted by Crippen LogP contribution is 2.34. The van der Waals surface area contributed by atoms with Gasteiger partial charge < -0.3 is 10.4 Å². The number of carbonyl (C=O) groups is 2. The molecular weight excluding hydrogens is 182 g/mol. The third-order valence-corrected chi connectivity index (χ3v) is 2.43. The first-order valence-electron chi connectivity index (χ1n) is 5.07. The number of amides is 1. The summed E-state index contributed by atoms with van der Waals surface area (Å²) in [6.07, 6.45) is 4.07. The molecule has 80 valence electrons. The zero-order valence-corrected chi connectivity index (χ0v) is 8.45. The van der Waals surface area contributed by atoms with Gasteiger partial charge in [0.05, 0.1) is 0 Å². The highest BCUT2D eigenvalue weighted by Gasteiger charge is 2.25. The second-order valence-corrected chi connectivity index (χ2v) is 4.01. The van der Waals surface area contributed by atoms with E-state index in [0.29, 0.717) is 12.3 Å². The maximum absolute atomic E-state index is 10.8. The van der Waals surface area contributed by atoms with E-state index in [9.17, 15) is 9.59 Å². The minimum atomic E-state index is -0.795. The SMILES string of the molecule is CC(=O)NC(CCC(=O)O)CC1CC1. The Bertz CT molecular complexity index is 223. The predicted molar refractivity (Wildman–Crippen MR) is 51.8 cm³/mol. The Labute approximate surface area is 83.7 Å². The molecule has 1 aliphatic rings. The minimum Gasteiger partial charge on any atom is -0.481 e. The van der Waals surface area contributed by atoms with Gasteiger partial charge in [-0.15, -0.1) is 0 Å². The van der Waals surface area contributed by atoms with Gasteiger partial charge in [0.2, 0.25) is 5.91 Å². The summed E-state index contributed by atoms with van der Waals surface area (Å²) < 4.78 is 0. The second kappa shape index (κ2) is 4.98. The number of carboxylic acid groups (broad SMARTS) is 1. The van der Waals surface area contributed by atoms with Crippen molar-refractivity contribution in [2.75, 3.05) is 0 Å². The fourth-order valence-electron chi connectivity index (χ4n) is 1.59. The first-order chi connectivity index (χ1) is 6.58. The number of aliphatic carboxylic acids is 1. The molecular formula is C10H17NO3. The third kappa shape index (κ3) is 4.84. The zero-order chi connectivity index (χ0) is 10.6. The number of hydrogen-bond donors (Lipinski definition) is 2. The van der Waals surface area contributed by atoms with Gasteiger partial charge in [-0.25, -0.2) is 0 Å². The summed E-state index contributed by atoms with van der Waals surface area (Å²) in [5, 5.41) is 11.3. The van der Waals surface area contributed by atoms with E-state index in [2.05, 4.69) is 5.32 Å². The van der Waals surface area contributed by atoms with Gasteiger partial charge in [0.1, 0.15) is 0 Å². The maximum Gasteiger partial charge on any atom is 0.303 e. The number of carboxylic acids is 1. The first kappa shape index (κ1) is 11.0. The van der Waals surface area contributed by atoms with Crippen LogP contribution in [0, 0.1) is 5.92 Å². The first-order valence-corrected chi connectivity index (χ1v) is 5.07. The van der Waals surface area contributed by atoms with Crippen molar-refractivity contribution >= 4 is 11.9 Å². The lowest BCUT2D eigenvalue weighted by Gasteiger charge is -2.16. The van der Waals surface area contributed by atoms with Crippen molar-refractivity contribution in [1.82, 2.24) is 5.32 Å². The Balaban J connectivity index is 2.26. The number of rotatable bonds is 6. The van der Waals surface area contributed by atoms with Crippen molar-refractivity contribution in [3.8, 4) is 0 Å². The highest BCUT2D eigenvalue weighted by molar-refractivity contribution is 5.73. The van der Waals surface area contributed by atoms with Crippen LogP contribution in [0.15, 0.2) is 0 Å². The fraction of sp³-hybridized carbons (Fsp3) is 0.800. The Kier molecular flexibility index (Phi) is 3.92. The molecule has 1 unspecified atom stereocenters. The van der Waals surface area contributed by atoms with Crippen molar-refractivity contribution in [1.29, 1.82) is 0 Å². The molecule has 1 aliphatic carbocycles. The molecule has 14 heavy (non-hydrogen) atoms. The largest absolute Gasteiger partial charge is 0.481 e. The zero-order valence-electron chi connectivity index (χ0n) is 8.45. The van der Waals surface area contributed by atoms with Gasteiger partial charge >= 0.3 is 5.97 Å². The molecule has 0 heterocycles. The summed E-state index contributed by atoms with van der Waals surface area (Å²) in [6.45, 7) is 1.47. The molecule has 0 aromatic rings. The second-order valence-electron chi connectivity index (χ2n) is 4.01. The quantitative estimate of drug-likeness (QED) is 0.674. The van der Waals surface area contributed by atoms with Crippen LogP contribution in [0.4, 0.5) is 0 Å². The summed E-state index contributed by atoms with van der Waals surface area (Å²) in [4.78, 5) is 21.2. The van der Waals surface area contributed by atoms with Gasteiger partial charge in [-0.05, 0) is 18.8 Å². The Morgan fingerprint density at radius 2 is 2.14 bits per heavy atom. The average molecular weight is 199 g/mol. The fourth-order valence-corrected chi connectivity index (χ4v) is 1.59. The molecule has 4 nitrogen and oxygen atoms in total. The standard InChI is InChI=1S/C10H17NO3/c1-7(12)11-9(4-5-10(13)14)6-8-2-3-8/h8-9H,2-6H2,1H3,(H,11,12)(H,13,14). The normalized spacial score (nSPS) is 17.5. The average Bonchev–Trinajstić information content (AvgIpc) is 2.83. The third-order valence-electron chi connectivity index (χ3n) is 2.43. The van der Waals surface area contributed by atoms with Crippen LogP contribution in [0.25, 0.3) is 0 Å². The minimum absolute atomic E-state index is 0.0519. The molecule has 0 aliphatic heterocycles. The van der Waals surface area contributed by atoms with E-state index in [1.807, 2.05) is 0 Å². The van der Waals surface area contributed by atoms with Gasteiger partial charge in [-0.1, -0.05) is 12.8 Å². The van der Waals surface area contributed by atoms with E-state index in [4.69, 9.17) is 5.11 Å². The van der Waals surface area contributed by atoms with E-state index in [-0.39, 0.29) is 18.4 Å². The topological polar surface area (TPSA) is 66.4 Å². The van der Waals surface area contributed by atoms with Gasteiger partial charge in [0, 0.05) is 19.4 Å². The van der Waals surface area contributed by atoms with Crippen molar-refractivity contribution in [3.63, 3.8) is 0 Å². The summed E-state index contributed by atoms with van der Waals surface area (Å²) in [7, 11) is 0. The summed E-state index contributed by atoms with van der Waals surface area (Å²) in [5.74, 6) is -0.155. The molecule has 2 N–H and O–H groups in total. The Morgan fingerprint density at radius 3 is 2.57 bits per heavy atom. The molecule has 4 heteroatoms. The van der Waals surface area contributed by atoms with E-state index in [0.717, 1.165) is 6.42 Å². The number of carbonyl (C=O) groups excluding carboxylic acids is 1. The Hall–Kier alpha value is -1.06. The van der Waals surface area contributed by atoms with Crippen molar-refractivity contribution in [2.24, 2.45) is 5.92 Å². The van der Waals surface area contributed by atoms with E-state index in [1.165, 1.54) is 19.8 Å². The van der Waals surface area contributed by atoms with Crippen LogP contribution < -0.4 is 5.32 Å². The van der Waals surface area contributed by atoms with Gasteiger partial charge in [-0.2, -0.15) is 0 Å². The number of nitrogens with one attached hydrogen (secondary N) is 1. The molecule has 1 amide bonds. The Morgan fingerprint density at radius 1 is 1.50 bits per heavy atom. The molecule has 1 rings (SSSR count). The number of hydrogen-bond acceptors (Lipinski definition) is 2. The van der Waals surface area contributed by atoms with Crippen LogP contribution in [-0.2, 0) is 9.59 Å². The van der Waals surface area contributed by atoms with Crippen LogP contribution in [0.3, 0.4) is 0 Å². The smallest absolute Gasteiger partial charge is 0.303 e. The molecule has 1 atom stereocenters. The van der Waals surface area contributed by atoms with E-state index in [1.54, 1.807) is 0 Å². The van der Waals surface area contributed by atoms with Gasteiger partial charge in [0.25, 0.3) is 0 Å². The van der Waals surface area contributed by atoms with E-state index >= 15 is 0 Å². The lowest BCUT2D eigenvalue weighted by molar-refractivity contribution is -0.137. The molecule has 0 saturated heterocycles. The van der Waals surface area contributed by atoms with E-state index < -0.39 is 5.97 Å². The molecule has 1 saturated carbocycles. The lowest BCUT2D eigenvalue weighted by Crippen LogP contribution is -2.33. The summed E-state index contributed by atoms with van der Waals surface area (Å²) >= 11 is 0. The highest BCUT2D eigenvalue weighted by atomic mass is 16.4. The molecule has 0 aromatic carbocycles. The van der Waals surface area contributed by atoms with Crippen LogP contribution in [0.1, 0.15) is 39.0 Å². The molecule has 0 bridgehead atoms.